The highest BCUT2D eigenvalue weighted by Gasteiger charge is 2.31. The van der Waals surface area contributed by atoms with Gasteiger partial charge in [-0.2, -0.15) is 13.2 Å². The van der Waals surface area contributed by atoms with Crippen molar-refractivity contribution >= 4 is 23.2 Å². The minimum absolute atomic E-state index is 0.130. The summed E-state index contributed by atoms with van der Waals surface area (Å²) in [4.78, 5) is 26.3. The van der Waals surface area contributed by atoms with Gasteiger partial charge in [-0.05, 0) is 66.8 Å². The van der Waals surface area contributed by atoms with Crippen LogP contribution in [0.3, 0.4) is 0 Å². The van der Waals surface area contributed by atoms with E-state index >= 15 is 0 Å². The maximum absolute atomic E-state index is 12.6. The van der Waals surface area contributed by atoms with Gasteiger partial charge in [0, 0.05) is 24.2 Å². The van der Waals surface area contributed by atoms with Crippen molar-refractivity contribution < 1.29 is 22.8 Å². The Morgan fingerprint density at radius 3 is 2.33 bits per heavy atom. The molecule has 0 unspecified atom stereocenters. The molecule has 27 heavy (non-hydrogen) atoms. The van der Waals surface area contributed by atoms with Gasteiger partial charge in [-0.1, -0.05) is 0 Å². The molecule has 2 aliphatic rings. The molecule has 2 aromatic rings. The zero-order valence-electron chi connectivity index (χ0n) is 14.4. The third-order valence-corrected chi connectivity index (χ3v) is 5.01. The van der Waals surface area contributed by atoms with Crippen molar-refractivity contribution in [3.05, 3.63) is 58.7 Å². The fraction of sp³-hybridized carbons (Fsp3) is 0.300. The zero-order valence-corrected chi connectivity index (χ0v) is 14.4. The first-order valence-electron chi connectivity index (χ1n) is 8.78. The van der Waals surface area contributed by atoms with Crippen molar-refractivity contribution in [2.75, 3.05) is 16.8 Å². The Hall–Kier alpha value is -2.83. The highest BCUT2D eigenvalue weighted by atomic mass is 19.4. The first-order chi connectivity index (χ1) is 12.8. The van der Waals surface area contributed by atoms with Crippen LogP contribution in [-0.2, 0) is 23.8 Å². The van der Waals surface area contributed by atoms with E-state index in [2.05, 4.69) is 5.32 Å². The number of halogens is 3. The van der Waals surface area contributed by atoms with E-state index in [1.807, 2.05) is 17.0 Å². The number of carbonyl (C=O) groups excluding carboxylic acids is 2. The summed E-state index contributed by atoms with van der Waals surface area (Å²) in [6.07, 6.45) is -1.66. The maximum atomic E-state index is 12.6. The van der Waals surface area contributed by atoms with Gasteiger partial charge in [0.15, 0.2) is 0 Å². The minimum atomic E-state index is -4.43. The van der Waals surface area contributed by atoms with Crippen molar-refractivity contribution in [3.63, 3.8) is 0 Å². The first kappa shape index (κ1) is 17.6. The number of carbonyl (C=O) groups is 2. The Balaban J connectivity index is 1.58. The number of nitrogens with one attached hydrogen (secondary N) is 1. The number of aryl methyl sites for hydroxylation is 2. The highest BCUT2D eigenvalue weighted by Crippen LogP contribution is 2.38. The van der Waals surface area contributed by atoms with E-state index in [0.29, 0.717) is 18.5 Å². The molecule has 0 radical (unpaired) electrons. The van der Waals surface area contributed by atoms with Gasteiger partial charge in [-0.15, -0.1) is 0 Å². The van der Waals surface area contributed by atoms with E-state index in [-0.39, 0.29) is 11.5 Å². The lowest BCUT2D eigenvalue weighted by Crippen LogP contribution is -2.39. The van der Waals surface area contributed by atoms with E-state index in [1.165, 1.54) is 12.1 Å². The SMILES string of the molecule is O=C(Nc1cc2c3c(c1)CCC(=O)N3CCC2)c1ccc(C(F)(F)F)cc1. The Morgan fingerprint density at radius 2 is 1.67 bits per heavy atom. The number of alkyl halides is 3. The van der Waals surface area contributed by atoms with E-state index in [9.17, 15) is 22.8 Å². The van der Waals surface area contributed by atoms with Crippen LogP contribution in [0.4, 0.5) is 24.5 Å². The van der Waals surface area contributed by atoms with Crippen LogP contribution in [0.1, 0.15) is 39.9 Å². The molecule has 0 spiro atoms. The van der Waals surface area contributed by atoms with Gasteiger partial charge >= 0.3 is 6.18 Å². The van der Waals surface area contributed by atoms with Crippen molar-refractivity contribution in [1.29, 1.82) is 0 Å². The Labute approximate surface area is 154 Å². The molecular formula is C20H17F3N2O2. The molecule has 2 aliphatic heterocycles. The molecule has 0 atom stereocenters. The monoisotopic (exact) mass is 374 g/mol. The summed E-state index contributed by atoms with van der Waals surface area (Å²) in [5.74, 6) is -0.333. The maximum Gasteiger partial charge on any atom is 0.416 e. The largest absolute Gasteiger partial charge is 0.416 e. The molecule has 4 nitrogen and oxygen atoms in total. The molecule has 0 aliphatic carbocycles. The van der Waals surface area contributed by atoms with Crippen LogP contribution in [0.25, 0.3) is 0 Å². The van der Waals surface area contributed by atoms with Crippen LogP contribution in [-0.4, -0.2) is 18.4 Å². The van der Waals surface area contributed by atoms with Crippen molar-refractivity contribution in [3.8, 4) is 0 Å². The van der Waals surface area contributed by atoms with E-state index in [1.54, 1.807) is 0 Å². The second-order valence-corrected chi connectivity index (χ2v) is 6.82. The summed E-state index contributed by atoms with van der Waals surface area (Å²) in [6, 6.07) is 7.84. The van der Waals surface area contributed by atoms with E-state index in [4.69, 9.17) is 0 Å². The lowest BCUT2D eigenvalue weighted by atomic mass is 9.91. The molecule has 2 amide bonds. The molecule has 2 aromatic carbocycles. The van der Waals surface area contributed by atoms with Crippen LogP contribution in [0.2, 0.25) is 0 Å². The molecule has 140 valence electrons. The summed E-state index contributed by atoms with van der Waals surface area (Å²) in [6.45, 7) is 0.718. The molecule has 0 fully saturated rings. The van der Waals surface area contributed by atoms with E-state index < -0.39 is 17.6 Å². The Bertz CT molecular complexity index is 903. The fourth-order valence-electron chi connectivity index (χ4n) is 3.74. The van der Waals surface area contributed by atoms with Gasteiger partial charge in [-0.25, -0.2) is 0 Å². The van der Waals surface area contributed by atoms with Gasteiger partial charge in [0.1, 0.15) is 0 Å². The van der Waals surface area contributed by atoms with Gasteiger partial charge in [-0.3, -0.25) is 9.59 Å². The summed E-state index contributed by atoms with van der Waals surface area (Å²) >= 11 is 0. The molecule has 0 aromatic heterocycles. The van der Waals surface area contributed by atoms with Gasteiger partial charge in [0.2, 0.25) is 5.91 Å². The lowest BCUT2D eigenvalue weighted by molar-refractivity contribution is -0.137. The standard InChI is InChI=1S/C20H17F3N2O2/c21-20(22,23)15-6-3-12(4-7-15)19(27)24-16-10-13-2-1-9-25-17(26)8-5-14(11-16)18(13)25/h3-4,6-7,10-11H,1-2,5,8-9H2,(H,24,27). The van der Waals surface area contributed by atoms with Crippen LogP contribution < -0.4 is 10.2 Å². The topological polar surface area (TPSA) is 49.4 Å². The van der Waals surface area contributed by atoms with Crippen LogP contribution in [0.15, 0.2) is 36.4 Å². The second-order valence-electron chi connectivity index (χ2n) is 6.82. The van der Waals surface area contributed by atoms with Crippen LogP contribution in [0.5, 0.6) is 0 Å². The smallest absolute Gasteiger partial charge is 0.322 e. The summed E-state index contributed by atoms with van der Waals surface area (Å²) in [5.41, 5.74) is 2.98. The lowest BCUT2D eigenvalue weighted by Gasteiger charge is -2.35. The van der Waals surface area contributed by atoms with Crippen molar-refractivity contribution in [2.24, 2.45) is 0 Å². The second kappa shape index (κ2) is 6.40. The Morgan fingerprint density at radius 1 is 1.00 bits per heavy atom. The average molecular weight is 374 g/mol. The van der Waals surface area contributed by atoms with Crippen molar-refractivity contribution in [2.45, 2.75) is 31.9 Å². The van der Waals surface area contributed by atoms with Gasteiger partial charge in [0.25, 0.3) is 5.91 Å². The number of benzene rings is 2. The van der Waals surface area contributed by atoms with Gasteiger partial charge in [0.05, 0.1) is 11.3 Å². The number of nitrogens with zero attached hydrogens (tertiary/aromatic N) is 1. The normalized spacial score (nSPS) is 16.1. The quantitative estimate of drug-likeness (QED) is 0.857. The predicted molar refractivity (Wildman–Crippen MR) is 94.8 cm³/mol. The summed E-state index contributed by atoms with van der Waals surface area (Å²) in [5, 5.41) is 2.77. The molecule has 0 bridgehead atoms. The molecule has 7 heteroatoms. The molecule has 2 heterocycles. The third kappa shape index (κ3) is 3.29. The van der Waals surface area contributed by atoms with Crippen molar-refractivity contribution in [1.82, 2.24) is 0 Å². The number of hydrogen-bond donors (Lipinski definition) is 1. The molecule has 4 rings (SSSR count). The first-order valence-corrected chi connectivity index (χ1v) is 8.78. The van der Waals surface area contributed by atoms with Crippen LogP contribution in [0, 0.1) is 0 Å². The number of rotatable bonds is 2. The summed E-state index contributed by atoms with van der Waals surface area (Å²) in [7, 11) is 0. The summed E-state index contributed by atoms with van der Waals surface area (Å²) < 4.78 is 37.9. The number of amides is 2. The predicted octanol–water partition coefficient (Wildman–Crippen LogP) is 4.18. The molecular weight excluding hydrogens is 357 g/mol. The average Bonchev–Trinajstić information content (AvgIpc) is 2.64. The number of hydrogen-bond acceptors (Lipinski definition) is 2. The van der Waals surface area contributed by atoms with Gasteiger partial charge < -0.3 is 10.2 Å². The fourth-order valence-corrected chi connectivity index (χ4v) is 3.74. The third-order valence-electron chi connectivity index (χ3n) is 5.01. The molecule has 1 N–H and O–H groups in total. The molecule has 0 saturated heterocycles. The highest BCUT2D eigenvalue weighted by molar-refractivity contribution is 6.05. The Kier molecular flexibility index (Phi) is 4.17. The van der Waals surface area contributed by atoms with E-state index in [0.717, 1.165) is 48.3 Å². The molecule has 0 saturated carbocycles. The minimum Gasteiger partial charge on any atom is -0.322 e. The zero-order chi connectivity index (χ0) is 19.2. The van der Waals surface area contributed by atoms with Crippen LogP contribution >= 0.6 is 0 Å². The number of anilines is 2.